The van der Waals surface area contributed by atoms with Crippen LogP contribution in [-0.2, 0) is 18.9 Å². The van der Waals surface area contributed by atoms with Crippen LogP contribution in [0.2, 0.25) is 5.02 Å². The normalized spacial score (nSPS) is 13.0. The van der Waals surface area contributed by atoms with E-state index in [1.165, 1.54) is 13.1 Å². The number of halogens is 3. The van der Waals surface area contributed by atoms with Gasteiger partial charge in [0.2, 0.25) is 0 Å². The number of benzene rings is 2. The Morgan fingerprint density at radius 3 is 2.61 bits per heavy atom. The molecule has 2 aromatic carbocycles. The number of phosphoric ester groups is 1. The van der Waals surface area contributed by atoms with Gasteiger partial charge in [-0.05, 0) is 47.9 Å². The average molecular weight is 632 g/mol. The van der Waals surface area contributed by atoms with Crippen LogP contribution in [0.4, 0.5) is 8.78 Å². The second kappa shape index (κ2) is 12.3. The zero-order valence-corrected chi connectivity index (χ0v) is 24.6. The first-order chi connectivity index (χ1) is 19.3. The predicted octanol–water partition coefficient (Wildman–Crippen LogP) is 5.62. The Kier molecular flexibility index (Phi) is 9.39. The van der Waals surface area contributed by atoms with Gasteiger partial charge < -0.3 is 19.5 Å². The van der Waals surface area contributed by atoms with Gasteiger partial charge in [0, 0.05) is 30.1 Å². The first kappa shape index (κ1) is 31.3. The summed E-state index contributed by atoms with van der Waals surface area (Å²) in [5.41, 5.74) is 2.48. The molecule has 3 N–H and O–H groups in total. The van der Waals surface area contributed by atoms with Crippen LogP contribution in [0.5, 0.6) is 5.75 Å². The fourth-order valence-electron chi connectivity index (χ4n) is 4.46. The lowest BCUT2D eigenvalue weighted by Crippen LogP contribution is -2.45. The van der Waals surface area contributed by atoms with Gasteiger partial charge in [-0.1, -0.05) is 37.6 Å². The van der Waals surface area contributed by atoms with E-state index in [1.807, 2.05) is 0 Å². The highest BCUT2D eigenvalue weighted by Gasteiger charge is 2.38. The Morgan fingerprint density at radius 1 is 1.17 bits per heavy atom. The van der Waals surface area contributed by atoms with Gasteiger partial charge >= 0.3 is 13.9 Å². The number of hydrogen-bond donors (Lipinski definition) is 3. The molecule has 0 aliphatic carbocycles. The van der Waals surface area contributed by atoms with Crippen LogP contribution in [-0.4, -0.2) is 71.2 Å². The van der Waals surface area contributed by atoms with Crippen molar-refractivity contribution in [1.29, 1.82) is 0 Å². The molecule has 0 aliphatic heterocycles. The van der Waals surface area contributed by atoms with Crippen LogP contribution in [0.25, 0.3) is 33.1 Å². The maximum absolute atomic E-state index is 14.4. The lowest BCUT2D eigenvalue weighted by atomic mass is 9.99. The first-order valence-corrected chi connectivity index (χ1v) is 16.2. The molecule has 10 nitrogen and oxygen atoms in total. The summed E-state index contributed by atoms with van der Waals surface area (Å²) in [6.45, 7) is 1.47. The highest BCUT2D eigenvalue weighted by molar-refractivity contribution is 7.91. The second-order valence-corrected chi connectivity index (χ2v) is 13.1. The van der Waals surface area contributed by atoms with Gasteiger partial charge in [-0.3, -0.25) is 4.52 Å². The van der Waals surface area contributed by atoms with Gasteiger partial charge in [0.1, 0.15) is 18.0 Å². The highest BCUT2D eigenvalue weighted by Crippen LogP contribution is 2.40. The first-order valence-electron chi connectivity index (χ1n) is 12.6. The summed E-state index contributed by atoms with van der Waals surface area (Å²) in [5.74, 6) is 0.387. The number of nitrogens with one attached hydrogen (secondary N) is 1. The Bertz CT molecular complexity index is 1710. The van der Waals surface area contributed by atoms with Crippen molar-refractivity contribution in [2.75, 3.05) is 32.1 Å². The predicted molar refractivity (Wildman–Crippen MR) is 152 cm³/mol. The van der Waals surface area contributed by atoms with Gasteiger partial charge in [-0.15, -0.1) is 0 Å². The van der Waals surface area contributed by atoms with Crippen molar-refractivity contribution in [2.24, 2.45) is 0 Å². The second-order valence-electron chi connectivity index (χ2n) is 9.18. The van der Waals surface area contributed by atoms with Crippen LogP contribution in [0.1, 0.15) is 20.3 Å². The summed E-state index contributed by atoms with van der Waals surface area (Å²) in [5, 5.41) is 1.80. The number of H-pyrrole nitrogens is 1. The highest BCUT2D eigenvalue weighted by atomic mass is 35.5. The Balaban J connectivity index is 1.62. The molecule has 15 heteroatoms. The third-order valence-electron chi connectivity index (χ3n) is 6.50. The third kappa shape index (κ3) is 7.23. The van der Waals surface area contributed by atoms with Crippen molar-refractivity contribution in [3.63, 3.8) is 0 Å². The van der Waals surface area contributed by atoms with E-state index in [2.05, 4.69) is 14.5 Å². The average Bonchev–Trinajstić information content (AvgIpc) is 3.30. The number of nitrogens with zero attached hydrogens (tertiary/aromatic N) is 2. The number of rotatable bonds is 13. The summed E-state index contributed by atoms with van der Waals surface area (Å²) in [7, 11) is -8.48. The van der Waals surface area contributed by atoms with E-state index < -0.39 is 30.3 Å². The molecule has 4 rings (SSSR count). The van der Waals surface area contributed by atoms with Crippen LogP contribution >= 0.6 is 19.4 Å². The van der Waals surface area contributed by atoms with Crippen molar-refractivity contribution in [3.8, 4) is 16.9 Å². The number of fused-ring (bicyclic) bond motifs is 3. The lowest BCUT2D eigenvalue weighted by Gasteiger charge is -2.29. The molecular formula is C26H29ClF2N3O7PS. The number of pyridine rings is 1. The van der Waals surface area contributed by atoms with Crippen molar-refractivity contribution < 1.29 is 40.8 Å². The molecule has 0 saturated carbocycles. The van der Waals surface area contributed by atoms with E-state index in [0.29, 0.717) is 38.3 Å². The van der Waals surface area contributed by atoms with E-state index in [1.54, 1.807) is 49.4 Å². The van der Waals surface area contributed by atoms with Crippen molar-refractivity contribution in [2.45, 2.75) is 31.2 Å². The van der Waals surface area contributed by atoms with E-state index in [4.69, 9.17) is 26.1 Å². The zero-order chi connectivity index (χ0) is 30.0. The van der Waals surface area contributed by atoms with Crippen LogP contribution in [0, 0.1) is 0 Å². The summed E-state index contributed by atoms with van der Waals surface area (Å²) < 4.78 is 74.7. The minimum Gasteiger partial charge on any atom is -0.491 e. The van der Waals surface area contributed by atoms with Crippen molar-refractivity contribution in [1.82, 2.24) is 14.9 Å². The standard InChI is InChI=1S/C26H29ClF2N3O7PS/c1-3-32(26(28,29)16-39-40(33,34)35)11-6-12-38-22-10-9-20(17-7-5-8-19(13-17)41(36,37)4-2)23-21-14-18(27)15-30-25(21)31-24(22)23/h5,7-10,13-15H,3-4,6,11-12,16H2,1-2H3,(H,30,31)(H2,33,34,35). The number of aromatic amines is 1. The molecule has 222 valence electrons. The lowest BCUT2D eigenvalue weighted by molar-refractivity contribution is -0.169. The van der Waals surface area contributed by atoms with Gasteiger partial charge in [0.25, 0.3) is 0 Å². The molecule has 0 aliphatic rings. The van der Waals surface area contributed by atoms with Crippen molar-refractivity contribution in [3.05, 3.63) is 53.7 Å². The monoisotopic (exact) mass is 631 g/mol. The fraction of sp³-hybridized carbons (Fsp3) is 0.346. The number of ether oxygens (including phenoxy) is 1. The minimum atomic E-state index is -5.04. The molecule has 0 atom stereocenters. The smallest absolute Gasteiger partial charge is 0.469 e. The molecule has 2 aromatic heterocycles. The van der Waals surface area contributed by atoms with Gasteiger partial charge in [-0.2, -0.15) is 8.78 Å². The number of aromatic nitrogens is 2. The quantitative estimate of drug-likeness (QED) is 0.0973. The van der Waals surface area contributed by atoms with Crippen LogP contribution in [0.3, 0.4) is 0 Å². The molecule has 0 saturated heterocycles. The van der Waals surface area contributed by atoms with Gasteiger partial charge in [-0.25, -0.2) is 22.9 Å². The molecule has 0 spiro atoms. The topological polar surface area (TPSA) is 142 Å². The fourth-order valence-corrected chi connectivity index (χ4v) is 5.87. The number of phosphoric acid groups is 1. The Labute approximate surface area is 240 Å². The summed E-state index contributed by atoms with van der Waals surface area (Å²) in [6, 6.07) is 8.28. The number of alkyl halides is 2. The van der Waals surface area contributed by atoms with Crippen LogP contribution < -0.4 is 4.74 Å². The Morgan fingerprint density at radius 2 is 1.93 bits per heavy atom. The van der Waals surface area contributed by atoms with Crippen LogP contribution in [0.15, 0.2) is 53.6 Å². The number of hydrogen-bond acceptors (Lipinski definition) is 7. The maximum atomic E-state index is 14.4. The minimum absolute atomic E-state index is 0.0383. The molecule has 0 radical (unpaired) electrons. The molecular weight excluding hydrogens is 603 g/mol. The molecule has 0 amide bonds. The van der Waals surface area contributed by atoms with Gasteiger partial charge in [0.05, 0.1) is 27.8 Å². The van der Waals surface area contributed by atoms with E-state index >= 15 is 0 Å². The van der Waals surface area contributed by atoms with E-state index in [9.17, 15) is 21.8 Å². The SMILES string of the molecule is CCN(CCCOc1ccc(-c2cccc(S(=O)(=O)CC)c2)c2c1[nH]c1ncc(Cl)cc12)C(F)(F)COP(=O)(O)O. The number of likely N-dealkylation sites (N-methyl/N-ethyl adjacent to an activating group) is 1. The maximum Gasteiger partial charge on any atom is 0.469 e. The van der Waals surface area contributed by atoms with Gasteiger partial charge in [0.15, 0.2) is 9.84 Å². The summed E-state index contributed by atoms with van der Waals surface area (Å²) >= 11 is 6.24. The number of sulfone groups is 1. The molecule has 0 unspecified atom stereocenters. The largest absolute Gasteiger partial charge is 0.491 e. The molecule has 2 heterocycles. The Hall–Kier alpha value is -2.64. The van der Waals surface area contributed by atoms with Crippen molar-refractivity contribution >= 4 is 51.2 Å². The van der Waals surface area contributed by atoms with E-state index in [-0.39, 0.29) is 36.8 Å². The third-order valence-corrected chi connectivity index (χ3v) is 8.90. The summed E-state index contributed by atoms with van der Waals surface area (Å²) in [4.78, 5) is 26.0. The van der Waals surface area contributed by atoms with E-state index in [0.717, 1.165) is 10.5 Å². The molecule has 0 bridgehead atoms. The molecule has 4 aromatic rings. The zero-order valence-electron chi connectivity index (χ0n) is 22.2. The molecule has 41 heavy (non-hydrogen) atoms. The summed E-state index contributed by atoms with van der Waals surface area (Å²) in [6.07, 6.45) is 1.66. The molecule has 0 fully saturated rings.